The molecule has 160 valence electrons. The molecule has 4 nitrogen and oxygen atoms in total. The first-order valence-corrected chi connectivity index (χ1v) is 11.2. The van der Waals surface area contributed by atoms with Crippen molar-refractivity contribution in [3.05, 3.63) is 83.4 Å². The minimum Gasteiger partial charge on any atom is -0.347 e. The third kappa shape index (κ3) is 4.79. The molecule has 0 saturated heterocycles. The summed E-state index contributed by atoms with van der Waals surface area (Å²) in [5, 5.41) is 8.38. The van der Waals surface area contributed by atoms with E-state index in [9.17, 15) is 9.59 Å². The van der Waals surface area contributed by atoms with Crippen molar-refractivity contribution >= 4 is 22.6 Å². The van der Waals surface area contributed by atoms with E-state index in [4.69, 9.17) is 0 Å². The summed E-state index contributed by atoms with van der Waals surface area (Å²) >= 11 is 0. The van der Waals surface area contributed by atoms with Crippen LogP contribution in [0.15, 0.2) is 66.7 Å². The number of amides is 2. The molecule has 0 heterocycles. The van der Waals surface area contributed by atoms with E-state index >= 15 is 0 Å². The Morgan fingerprint density at radius 2 is 1.71 bits per heavy atom. The lowest BCUT2D eigenvalue weighted by atomic mass is 9.87. The van der Waals surface area contributed by atoms with Crippen LogP contribution < -0.4 is 10.6 Å². The largest absolute Gasteiger partial charge is 0.347 e. The van der Waals surface area contributed by atoms with Crippen LogP contribution in [-0.4, -0.2) is 17.9 Å². The van der Waals surface area contributed by atoms with Gasteiger partial charge in [-0.1, -0.05) is 80.6 Å². The molecule has 31 heavy (non-hydrogen) atoms. The molecule has 0 unspecified atom stereocenters. The molecule has 0 fully saturated rings. The molecule has 0 saturated carbocycles. The second-order valence-corrected chi connectivity index (χ2v) is 8.76. The summed E-state index contributed by atoms with van der Waals surface area (Å²) in [6.07, 6.45) is 3.29. The summed E-state index contributed by atoms with van der Waals surface area (Å²) in [6, 6.07) is 21.8. The number of rotatable bonds is 6. The van der Waals surface area contributed by atoms with Crippen LogP contribution >= 0.6 is 0 Å². The molecule has 0 aromatic heterocycles. The van der Waals surface area contributed by atoms with Gasteiger partial charge in [0, 0.05) is 0 Å². The lowest BCUT2D eigenvalue weighted by molar-refractivity contribution is -0.130. The number of aryl methyl sites for hydroxylation is 1. The van der Waals surface area contributed by atoms with Crippen molar-refractivity contribution in [3.8, 4) is 0 Å². The van der Waals surface area contributed by atoms with Gasteiger partial charge in [-0.2, -0.15) is 0 Å². The second-order valence-electron chi connectivity index (χ2n) is 8.76. The number of hydrogen-bond donors (Lipinski definition) is 2. The molecule has 2 amide bonds. The van der Waals surface area contributed by atoms with Crippen LogP contribution in [0.3, 0.4) is 0 Å². The highest BCUT2D eigenvalue weighted by molar-refractivity contribution is 5.92. The van der Waals surface area contributed by atoms with Crippen LogP contribution in [0.25, 0.3) is 10.8 Å². The van der Waals surface area contributed by atoms with Crippen molar-refractivity contribution in [1.82, 2.24) is 10.6 Å². The number of carbonyl (C=O) groups is 2. The number of benzene rings is 3. The summed E-state index contributed by atoms with van der Waals surface area (Å²) in [7, 11) is 0. The van der Waals surface area contributed by atoms with Crippen LogP contribution in [0.1, 0.15) is 49.4 Å². The van der Waals surface area contributed by atoms with Gasteiger partial charge >= 0.3 is 0 Å². The second kappa shape index (κ2) is 9.34. The lowest BCUT2D eigenvalue weighted by Crippen LogP contribution is -2.51. The van der Waals surface area contributed by atoms with E-state index in [1.165, 1.54) is 11.1 Å². The van der Waals surface area contributed by atoms with Crippen LogP contribution in [0.5, 0.6) is 0 Å². The summed E-state index contributed by atoms with van der Waals surface area (Å²) in [5.74, 6) is -0.243. The number of nitrogens with one attached hydrogen (secondary N) is 2. The van der Waals surface area contributed by atoms with E-state index in [-0.39, 0.29) is 30.2 Å². The van der Waals surface area contributed by atoms with E-state index in [0.717, 1.165) is 35.6 Å². The Bertz CT molecular complexity index is 1080. The Morgan fingerprint density at radius 1 is 0.968 bits per heavy atom. The maximum atomic E-state index is 13.1. The number of carbonyl (C=O) groups excluding carboxylic acids is 2. The van der Waals surface area contributed by atoms with Crippen molar-refractivity contribution in [3.63, 3.8) is 0 Å². The monoisotopic (exact) mass is 414 g/mol. The molecular formula is C27H30N2O2. The van der Waals surface area contributed by atoms with Gasteiger partial charge < -0.3 is 10.6 Å². The van der Waals surface area contributed by atoms with Crippen LogP contribution in [0.2, 0.25) is 0 Å². The zero-order chi connectivity index (χ0) is 21.8. The van der Waals surface area contributed by atoms with Gasteiger partial charge in [0.1, 0.15) is 6.04 Å². The Kier molecular flexibility index (Phi) is 6.36. The Hall–Kier alpha value is -3.14. The zero-order valence-electron chi connectivity index (χ0n) is 18.2. The first-order valence-electron chi connectivity index (χ1n) is 11.2. The highest BCUT2D eigenvalue weighted by atomic mass is 16.2. The summed E-state index contributed by atoms with van der Waals surface area (Å²) < 4.78 is 0. The highest BCUT2D eigenvalue weighted by Gasteiger charge is 2.28. The minimum absolute atomic E-state index is 0.00435. The SMILES string of the molecule is CC(C)[C@H](NC(=O)Cc1cccc2ccccc12)C(=O)N[C@@H]1CCCc2ccccc21. The van der Waals surface area contributed by atoms with E-state index in [0.29, 0.717) is 0 Å². The number of hydrogen-bond acceptors (Lipinski definition) is 2. The lowest BCUT2D eigenvalue weighted by Gasteiger charge is -2.29. The Labute approximate surface area is 184 Å². The van der Waals surface area contributed by atoms with Crippen LogP contribution in [0, 0.1) is 5.92 Å². The molecule has 1 aliphatic carbocycles. The van der Waals surface area contributed by atoms with Gasteiger partial charge in [0.15, 0.2) is 0 Å². The maximum absolute atomic E-state index is 13.1. The molecule has 0 spiro atoms. The predicted molar refractivity (Wildman–Crippen MR) is 125 cm³/mol. The molecule has 1 aliphatic rings. The fourth-order valence-electron chi connectivity index (χ4n) is 4.54. The van der Waals surface area contributed by atoms with Crippen molar-refractivity contribution in [2.75, 3.05) is 0 Å². The molecule has 0 aliphatic heterocycles. The van der Waals surface area contributed by atoms with Crippen molar-refractivity contribution in [2.24, 2.45) is 5.92 Å². The summed E-state index contributed by atoms with van der Waals surface area (Å²) in [6.45, 7) is 3.94. The first-order chi connectivity index (χ1) is 15.0. The van der Waals surface area contributed by atoms with Crippen molar-refractivity contribution in [1.29, 1.82) is 0 Å². The zero-order valence-corrected chi connectivity index (χ0v) is 18.2. The molecule has 4 rings (SSSR count). The normalized spacial score (nSPS) is 16.5. The van der Waals surface area contributed by atoms with Crippen molar-refractivity contribution < 1.29 is 9.59 Å². The molecule has 3 aromatic carbocycles. The number of fused-ring (bicyclic) bond motifs is 2. The smallest absolute Gasteiger partial charge is 0.243 e. The Balaban J connectivity index is 1.45. The van der Waals surface area contributed by atoms with Crippen LogP contribution in [0.4, 0.5) is 0 Å². The highest BCUT2D eigenvalue weighted by Crippen LogP contribution is 2.29. The van der Waals surface area contributed by atoms with Crippen molar-refractivity contribution in [2.45, 2.75) is 51.6 Å². The van der Waals surface area contributed by atoms with E-state index < -0.39 is 6.04 Å². The Morgan fingerprint density at radius 3 is 2.55 bits per heavy atom. The van der Waals surface area contributed by atoms with Gasteiger partial charge in [-0.15, -0.1) is 0 Å². The first kappa shape index (κ1) is 21.1. The summed E-state index contributed by atoms with van der Waals surface area (Å²) in [4.78, 5) is 26.0. The standard InChI is InChI=1S/C27H30N2O2/c1-18(2)26(27(31)28-24-16-8-12-20-10-4-6-15-23(20)24)29-25(30)17-21-13-7-11-19-9-3-5-14-22(19)21/h3-7,9-11,13-15,18,24,26H,8,12,16-17H2,1-2H3,(H,28,31)(H,29,30)/t24-,26+/m1/s1. The fourth-order valence-corrected chi connectivity index (χ4v) is 4.54. The molecule has 2 N–H and O–H groups in total. The van der Waals surface area contributed by atoms with Gasteiger partial charge in [0.05, 0.1) is 12.5 Å². The third-order valence-electron chi connectivity index (χ3n) is 6.18. The maximum Gasteiger partial charge on any atom is 0.243 e. The molecular weight excluding hydrogens is 384 g/mol. The van der Waals surface area contributed by atoms with Gasteiger partial charge in [-0.05, 0) is 52.6 Å². The fraction of sp³-hybridized carbons (Fsp3) is 0.333. The van der Waals surface area contributed by atoms with E-state index in [2.05, 4.69) is 22.8 Å². The van der Waals surface area contributed by atoms with E-state index in [1.54, 1.807) is 0 Å². The van der Waals surface area contributed by atoms with E-state index in [1.807, 2.05) is 68.4 Å². The molecule has 0 radical (unpaired) electrons. The summed E-state index contributed by atoms with van der Waals surface area (Å²) in [5.41, 5.74) is 3.48. The predicted octanol–water partition coefficient (Wildman–Crippen LogP) is 4.72. The average Bonchev–Trinajstić information content (AvgIpc) is 2.78. The molecule has 3 aromatic rings. The average molecular weight is 415 g/mol. The molecule has 2 atom stereocenters. The molecule has 4 heteroatoms. The third-order valence-corrected chi connectivity index (χ3v) is 6.18. The topological polar surface area (TPSA) is 58.2 Å². The van der Waals surface area contributed by atoms with Gasteiger partial charge in [0.2, 0.25) is 11.8 Å². The molecule has 0 bridgehead atoms. The van der Waals surface area contributed by atoms with Crippen LogP contribution in [-0.2, 0) is 22.4 Å². The quantitative estimate of drug-likeness (QED) is 0.613. The van der Waals surface area contributed by atoms with Gasteiger partial charge in [-0.3, -0.25) is 9.59 Å². The minimum atomic E-state index is -0.559. The van der Waals surface area contributed by atoms with Gasteiger partial charge in [0.25, 0.3) is 0 Å². The van der Waals surface area contributed by atoms with Gasteiger partial charge in [-0.25, -0.2) is 0 Å².